The van der Waals surface area contributed by atoms with Gasteiger partial charge in [0.2, 0.25) is 0 Å². The van der Waals surface area contributed by atoms with E-state index in [4.69, 9.17) is 0 Å². The van der Waals surface area contributed by atoms with Gasteiger partial charge in [0.15, 0.2) is 0 Å². The van der Waals surface area contributed by atoms with Crippen LogP contribution in [0.2, 0.25) is 0 Å². The van der Waals surface area contributed by atoms with Crippen molar-refractivity contribution in [3.8, 4) is 0 Å². The predicted molar refractivity (Wildman–Crippen MR) is 105 cm³/mol. The number of anilines is 1. The first-order chi connectivity index (χ1) is 13.7. The fourth-order valence-corrected chi connectivity index (χ4v) is 3.41. The average molecular weight is 375 g/mol. The molecule has 0 spiro atoms. The van der Waals surface area contributed by atoms with E-state index in [9.17, 15) is 9.59 Å². The molecule has 2 aromatic heterocycles. The van der Waals surface area contributed by atoms with Crippen molar-refractivity contribution >= 4 is 17.5 Å². The molecule has 1 aliphatic rings. The van der Waals surface area contributed by atoms with Crippen LogP contribution in [-0.2, 0) is 28.9 Å². The van der Waals surface area contributed by atoms with E-state index in [0.717, 1.165) is 30.5 Å². The normalized spacial score (nSPS) is 15.5. The van der Waals surface area contributed by atoms with Crippen LogP contribution in [-0.4, -0.2) is 33.0 Å². The number of aromatic nitrogens is 3. The van der Waals surface area contributed by atoms with Crippen molar-refractivity contribution in [1.29, 1.82) is 0 Å². The van der Waals surface area contributed by atoms with Gasteiger partial charge in [-0.15, -0.1) is 0 Å². The molecule has 2 heterocycles. The molecule has 0 fully saturated rings. The summed E-state index contributed by atoms with van der Waals surface area (Å²) in [5, 5.41) is 12.4. The molecule has 7 nitrogen and oxygen atoms in total. The van der Waals surface area contributed by atoms with Gasteiger partial charge >= 0.3 is 11.8 Å². The quantitative estimate of drug-likeness (QED) is 0.607. The second kappa shape index (κ2) is 8.04. The van der Waals surface area contributed by atoms with Crippen LogP contribution < -0.4 is 10.6 Å². The third-order valence-corrected chi connectivity index (χ3v) is 4.93. The zero-order valence-electron chi connectivity index (χ0n) is 15.3. The number of H-pyrrole nitrogens is 1. The Morgan fingerprint density at radius 1 is 1.04 bits per heavy atom. The van der Waals surface area contributed by atoms with E-state index in [1.165, 1.54) is 11.1 Å². The van der Waals surface area contributed by atoms with Gasteiger partial charge in [0, 0.05) is 36.2 Å². The molecule has 0 saturated heterocycles. The fraction of sp³-hybridized carbons (Fsp3) is 0.238. The smallest absolute Gasteiger partial charge is 0.313 e. The van der Waals surface area contributed by atoms with Crippen molar-refractivity contribution in [2.24, 2.45) is 0 Å². The molecule has 0 radical (unpaired) electrons. The van der Waals surface area contributed by atoms with Crippen LogP contribution in [0.3, 0.4) is 0 Å². The molecule has 0 aliphatic heterocycles. The minimum absolute atomic E-state index is 0.0612. The number of aromatic amines is 1. The Morgan fingerprint density at radius 3 is 2.57 bits per heavy atom. The standard InChI is InChI=1S/C21H21N5O2/c27-20(21(28)25-18-6-3-16-13-23-26-19(16)12-18)24-17-4-1-14(2-5-17)11-15-7-9-22-10-8-15/h1-2,4-5,7-10,13,18H,3,6,11-12H2,(H,23,26)(H,24,27)(H,25,28)/t18-/m1/s1. The van der Waals surface area contributed by atoms with E-state index in [0.29, 0.717) is 12.1 Å². The summed E-state index contributed by atoms with van der Waals surface area (Å²) < 4.78 is 0. The van der Waals surface area contributed by atoms with E-state index >= 15 is 0 Å². The molecule has 2 amide bonds. The Bertz CT molecular complexity index is 966. The molecule has 0 unspecified atom stereocenters. The van der Waals surface area contributed by atoms with Crippen molar-refractivity contribution in [3.05, 3.63) is 77.4 Å². The van der Waals surface area contributed by atoms with E-state index in [1.807, 2.05) is 30.5 Å². The van der Waals surface area contributed by atoms with Crippen LogP contribution in [0.1, 0.15) is 28.8 Å². The second-order valence-electron chi connectivity index (χ2n) is 6.97. The largest absolute Gasteiger partial charge is 0.345 e. The lowest BCUT2D eigenvalue weighted by Crippen LogP contribution is -2.44. The molecule has 142 valence electrons. The summed E-state index contributed by atoms with van der Waals surface area (Å²) in [6, 6.07) is 11.4. The monoisotopic (exact) mass is 375 g/mol. The topological polar surface area (TPSA) is 99.8 Å². The highest BCUT2D eigenvalue weighted by atomic mass is 16.2. The first kappa shape index (κ1) is 17.9. The number of pyridine rings is 1. The van der Waals surface area contributed by atoms with E-state index in [2.05, 4.69) is 25.8 Å². The number of nitrogens with one attached hydrogen (secondary N) is 3. The lowest BCUT2D eigenvalue weighted by molar-refractivity contribution is -0.136. The second-order valence-corrected chi connectivity index (χ2v) is 6.97. The highest BCUT2D eigenvalue weighted by Gasteiger charge is 2.24. The maximum absolute atomic E-state index is 12.2. The molecule has 1 atom stereocenters. The van der Waals surface area contributed by atoms with Crippen LogP contribution in [0.5, 0.6) is 0 Å². The van der Waals surface area contributed by atoms with Crippen LogP contribution in [0.25, 0.3) is 0 Å². The summed E-state index contributed by atoms with van der Waals surface area (Å²) in [7, 11) is 0. The van der Waals surface area contributed by atoms with Gasteiger partial charge in [0.1, 0.15) is 0 Å². The summed E-state index contributed by atoms with van der Waals surface area (Å²) in [5.74, 6) is -1.27. The Kier molecular flexibility index (Phi) is 5.14. The molecule has 4 rings (SSSR count). The summed E-state index contributed by atoms with van der Waals surface area (Å²) in [5.41, 5.74) is 5.09. The van der Waals surface area contributed by atoms with Crippen molar-refractivity contribution in [2.75, 3.05) is 5.32 Å². The van der Waals surface area contributed by atoms with Crippen LogP contribution in [0, 0.1) is 0 Å². The zero-order valence-corrected chi connectivity index (χ0v) is 15.3. The number of fused-ring (bicyclic) bond motifs is 1. The molecule has 28 heavy (non-hydrogen) atoms. The number of carbonyl (C=O) groups excluding carboxylic acids is 2. The van der Waals surface area contributed by atoms with Crippen molar-refractivity contribution in [2.45, 2.75) is 31.7 Å². The molecular weight excluding hydrogens is 354 g/mol. The Balaban J connectivity index is 1.30. The number of hydrogen-bond donors (Lipinski definition) is 3. The SMILES string of the molecule is O=C(Nc1ccc(Cc2ccncc2)cc1)C(=O)N[C@@H]1CCc2cn[nH]c2C1. The van der Waals surface area contributed by atoms with E-state index < -0.39 is 11.8 Å². The lowest BCUT2D eigenvalue weighted by Gasteiger charge is -2.22. The van der Waals surface area contributed by atoms with Crippen molar-refractivity contribution in [3.63, 3.8) is 0 Å². The predicted octanol–water partition coefficient (Wildman–Crippen LogP) is 2.01. The highest BCUT2D eigenvalue weighted by Crippen LogP contribution is 2.19. The van der Waals surface area contributed by atoms with Gasteiger partial charge in [-0.3, -0.25) is 19.7 Å². The molecule has 7 heteroatoms. The average Bonchev–Trinajstić information content (AvgIpc) is 3.18. The number of carbonyl (C=O) groups is 2. The number of hydrogen-bond acceptors (Lipinski definition) is 4. The zero-order chi connectivity index (χ0) is 19.3. The molecule has 0 bridgehead atoms. The summed E-state index contributed by atoms with van der Waals surface area (Å²) in [4.78, 5) is 28.4. The summed E-state index contributed by atoms with van der Waals surface area (Å²) in [6.45, 7) is 0. The molecule has 3 N–H and O–H groups in total. The van der Waals surface area contributed by atoms with Crippen LogP contribution in [0.15, 0.2) is 55.0 Å². The van der Waals surface area contributed by atoms with Gasteiger partial charge < -0.3 is 10.6 Å². The molecule has 1 aliphatic carbocycles. The molecule has 0 saturated carbocycles. The van der Waals surface area contributed by atoms with Gasteiger partial charge in [-0.05, 0) is 60.2 Å². The van der Waals surface area contributed by atoms with Gasteiger partial charge in [-0.25, -0.2) is 0 Å². The Labute approximate surface area is 162 Å². The van der Waals surface area contributed by atoms with Gasteiger partial charge in [-0.2, -0.15) is 5.10 Å². The lowest BCUT2D eigenvalue weighted by atomic mass is 9.94. The van der Waals surface area contributed by atoms with Gasteiger partial charge in [0.05, 0.1) is 6.20 Å². The van der Waals surface area contributed by atoms with Crippen LogP contribution >= 0.6 is 0 Å². The van der Waals surface area contributed by atoms with E-state index in [1.54, 1.807) is 24.5 Å². The first-order valence-corrected chi connectivity index (χ1v) is 9.28. The first-order valence-electron chi connectivity index (χ1n) is 9.28. The third kappa shape index (κ3) is 4.25. The summed E-state index contributed by atoms with van der Waals surface area (Å²) in [6.07, 6.45) is 8.45. The van der Waals surface area contributed by atoms with Gasteiger partial charge in [-0.1, -0.05) is 12.1 Å². The number of benzene rings is 1. The number of amides is 2. The number of nitrogens with zero attached hydrogens (tertiary/aromatic N) is 2. The van der Waals surface area contributed by atoms with Crippen molar-refractivity contribution < 1.29 is 9.59 Å². The minimum atomic E-state index is -0.655. The fourth-order valence-electron chi connectivity index (χ4n) is 3.41. The maximum atomic E-state index is 12.2. The Hall–Kier alpha value is -3.48. The Morgan fingerprint density at radius 2 is 1.79 bits per heavy atom. The van der Waals surface area contributed by atoms with Crippen LogP contribution in [0.4, 0.5) is 5.69 Å². The molecule has 3 aromatic rings. The number of rotatable bonds is 4. The third-order valence-electron chi connectivity index (χ3n) is 4.93. The highest BCUT2D eigenvalue weighted by molar-refractivity contribution is 6.39. The minimum Gasteiger partial charge on any atom is -0.345 e. The molecular formula is C21H21N5O2. The van der Waals surface area contributed by atoms with E-state index in [-0.39, 0.29) is 6.04 Å². The summed E-state index contributed by atoms with van der Waals surface area (Å²) >= 11 is 0. The van der Waals surface area contributed by atoms with Crippen molar-refractivity contribution in [1.82, 2.24) is 20.5 Å². The maximum Gasteiger partial charge on any atom is 0.313 e. The van der Waals surface area contributed by atoms with Gasteiger partial charge in [0.25, 0.3) is 0 Å². The molecule has 1 aromatic carbocycles. The number of aryl methyl sites for hydroxylation is 1.